The van der Waals surface area contributed by atoms with E-state index in [0.29, 0.717) is 0 Å². The number of rotatable bonds is 5. The number of hydrogen-bond donors (Lipinski definition) is 1. The first-order chi connectivity index (χ1) is 9.31. The lowest BCUT2D eigenvalue weighted by atomic mass is 10.1. The van der Waals surface area contributed by atoms with Crippen molar-refractivity contribution in [2.24, 2.45) is 0 Å². The number of nitrogens with one attached hydrogen (secondary N) is 1. The van der Waals surface area contributed by atoms with Gasteiger partial charge < -0.3 is 4.74 Å². The average Bonchev–Trinajstić information content (AvgIpc) is 2.44. The number of aryl methyl sites for hydroxylation is 1. The minimum atomic E-state index is 0.756. The topological polar surface area (TPSA) is 45.0 Å². The average molecular weight is 252 g/mol. The van der Waals surface area contributed by atoms with Gasteiger partial charge in [-0.2, -0.15) is 5.26 Å². The molecule has 2 rings (SSSR count). The first-order valence-electron chi connectivity index (χ1n) is 6.34. The Labute approximate surface area is 113 Å². The second-order valence-corrected chi connectivity index (χ2v) is 4.26. The normalized spacial score (nSPS) is 9.68. The van der Waals surface area contributed by atoms with Gasteiger partial charge in [0, 0.05) is 5.69 Å². The Hall–Kier alpha value is -2.47. The SMILES string of the molecule is CCCc1ccc(Oc2ccc(NC#N)cc2)cc1. The smallest absolute Gasteiger partial charge is 0.181 e. The van der Waals surface area contributed by atoms with Crippen molar-refractivity contribution in [3.8, 4) is 17.7 Å². The molecule has 0 fully saturated rings. The predicted octanol–water partition coefficient (Wildman–Crippen LogP) is 4.32. The van der Waals surface area contributed by atoms with Gasteiger partial charge in [-0.15, -0.1) is 0 Å². The van der Waals surface area contributed by atoms with Crippen LogP contribution in [0.3, 0.4) is 0 Å². The molecule has 2 aromatic carbocycles. The van der Waals surface area contributed by atoms with Gasteiger partial charge >= 0.3 is 0 Å². The van der Waals surface area contributed by atoms with Crippen molar-refractivity contribution >= 4 is 5.69 Å². The molecular formula is C16H16N2O. The van der Waals surface area contributed by atoms with Gasteiger partial charge in [0.05, 0.1) is 0 Å². The Morgan fingerprint density at radius 3 is 2.11 bits per heavy atom. The van der Waals surface area contributed by atoms with E-state index >= 15 is 0 Å². The van der Waals surface area contributed by atoms with Crippen LogP contribution in [0.4, 0.5) is 5.69 Å². The summed E-state index contributed by atoms with van der Waals surface area (Å²) < 4.78 is 5.73. The molecule has 0 bridgehead atoms. The molecule has 0 spiro atoms. The summed E-state index contributed by atoms with van der Waals surface area (Å²) in [6.07, 6.45) is 4.12. The van der Waals surface area contributed by atoms with E-state index in [4.69, 9.17) is 10.00 Å². The number of nitrogens with zero attached hydrogens (tertiary/aromatic N) is 1. The molecule has 0 unspecified atom stereocenters. The molecule has 2 aromatic rings. The molecule has 96 valence electrons. The van der Waals surface area contributed by atoms with Crippen molar-refractivity contribution < 1.29 is 4.74 Å². The first-order valence-corrected chi connectivity index (χ1v) is 6.34. The van der Waals surface area contributed by atoms with Gasteiger partial charge in [0.1, 0.15) is 11.5 Å². The summed E-state index contributed by atoms with van der Waals surface area (Å²) in [6, 6.07) is 15.4. The van der Waals surface area contributed by atoms with Crippen molar-refractivity contribution in [2.75, 3.05) is 5.32 Å². The van der Waals surface area contributed by atoms with Gasteiger partial charge in [-0.3, -0.25) is 5.32 Å². The molecule has 0 aromatic heterocycles. The van der Waals surface area contributed by atoms with Crippen LogP contribution in [-0.4, -0.2) is 0 Å². The van der Waals surface area contributed by atoms with E-state index < -0.39 is 0 Å². The lowest BCUT2D eigenvalue weighted by Gasteiger charge is -2.07. The molecule has 0 heterocycles. The van der Waals surface area contributed by atoms with Gasteiger partial charge in [-0.05, 0) is 48.4 Å². The van der Waals surface area contributed by atoms with Crippen molar-refractivity contribution in [3.63, 3.8) is 0 Å². The van der Waals surface area contributed by atoms with Crippen molar-refractivity contribution in [2.45, 2.75) is 19.8 Å². The largest absolute Gasteiger partial charge is 0.457 e. The van der Waals surface area contributed by atoms with Crippen molar-refractivity contribution in [1.29, 1.82) is 5.26 Å². The van der Waals surface area contributed by atoms with Crippen LogP contribution in [0.2, 0.25) is 0 Å². The van der Waals surface area contributed by atoms with Crippen LogP contribution in [0.15, 0.2) is 48.5 Å². The standard InChI is InChI=1S/C16H16N2O/c1-2-3-13-4-8-15(9-5-13)19-16-10-6-14(7-11-16)18-12-17/h4-11,18H,2-3H2,1H3. The number of hydrogen-bond acceptors (Lipinski definition) is 3. The highest BCUT2D eigenvalue weighted by Crippen LogP contribution is 2.23. The highest BCUT2D eigenvalue weighted by atomic mass is 16.5. The van der Waals surface area contributed by atoms with Gasteiger partial charge in [0.2, 0.25) is 0 Å². The molecule has 0 aliphatic rings. The molecular weight excluding hydrogens is 236 g/mol. The van der Waals surface area contributed by atoms with E-state index in [1.807, 2.05) is 42.6 Å². The fourth-order valence-corrected chi connectivity index (χ4v) is 1.82. The Kier molecular flexibility index (Phi) is 4.41. The van der Waals surface area contributed by atoms with Gasteiger partial charge in [0.25, 0.3) is 0 Å². The first kappa shape index (κ1) is 13.0. The fourth-order valence-electron chi connectivity index (χ4n) is 1.82. The number of ether oxygens (including phenoxy) is 1. The summed E-state index contributed by atoms with van der Waals surface area (Å²) in [4.78, 5) is 0. The van der Waals surface area contributed by atoms with Gasteiger partial charge in [-0.1, -0.05) is 25.5 Å². The summed E-state index contributed by atoms with van der Waals surface area (Å²) in [6.45, 7) is 2.17. The van der Waals surface area contributed by atoms with Crippen molar-refractivity contribution in [3.05, 3.63) is 54.1 Å². The molecule has 0 aliphatic carbocycles. The van der Waals surface area contributed by atoms with E-state index in [9.17, 15) is 0 Å². The third kappa shape index (κ3) is 3.75. The molecule has 0 saturated heterocycles. The summed E-state index contributed by atoms with van der Waals surface area (Å²) >= 11 is 0. The maximum atomic E-state index is 8.50. The number of anilines is 1. The maximum Gasteiger partial charge on any atom is 0.181 e. The van der Waals surface area contributed by atoms with E-state index in [-0.39, 0.29) is 0 Å². The quantitative estimate of drug-likeness (QED) is 0.636. The Morgan fingerprint density at radius 2 is 1.58 bits per heavy atom. The number of nitriles is 1. The monoisotopic (exact) mass is 252 g/mol. The van der Waals surface area contributed by atoms with Crippen LogP contribution in [0.5, 0.6) is 11.5 Å². The Balaban J connectivity index is 2.02. The molecule has 1 N–H and O–H groups in total. The van der Waals surface area contributed by atoms with Crippen LogP contribution in [-0.2, 0) is 6.42 Å². The van der Waals surface area contributed by atoms with Crippen molar-refractivity contribution in [1.82, 2.24) is 0 Å². The minimum Gasteiger partial charge on any atom is -0.457 e. The molecule has 19 heavy (non-hydrogen) atoms. The van der Waals surface area contributed by atoms with Gasteiger partial charge in [-0.25, -0.2) is 0 Å². The van der Waals surface area contributed by atoms with E-state index in [1.54, 1.807) is 0 Å². The van der Waals surface area contributed by atoms with E-state index in [0.717, 1.165) is 30.0 Å². The van der Waals surface area contributed by atoms with Gasteiger partial charge in [0.15, 0.2) is 6.19 Å². The third-order valence-corrected chi connectivity index (χ3v) is 2.75. The minimum absolute atomic E-state index is 0.756. The number of benzene rings is 2. The van der Waals surface area contributed by atoms with Crippen LogP contribution in [0.1, 0.15) is 18.9 Å². The molecule has 0 aliphatic heterocycles. The lowest BCUT2D eigenvalue weighted by Crippen LogP contribution is -1.88. The molecule has 0 atom stereocenters. The summed E-state index contributed by atoms with van der Waals surface area (Å²) in [5, 5.41) is 11.1. The second kappa shape index (κ2) is 6.46. The zero-order valence-electron chi connectivity index (χ0n) is 10.9. The molecule has 0 amide bonds. The summed E-state index contributed by atoms with van der Waals surface area (Å²) in [5.74, 6) is 1.58. The van der Waals surface area contributed by atoms with Crippen LogP contribution in [0, 0.1) is 11.5 Å². The Morgan fingerprint density at radius 1 is 1.00 bits per heavy atom. The maximum absolute atomic E-state index is 8.50. The Bertz CT molecular complexity index is 553. The second-order valence-electron chi connectivity index (χ2n) is 4.26. The molecule has 3 nitrogen and oxygen atoms in total. The zero-order valence-corrected chi connectivity index (χ0v) is 10.9. The van der Waals surface area contributed by atoms with E-state index in [2.05, 4.69) is 24.4 Å². The molecule has 3 heteroatoms. The molecule has 0 radical (unpaired) electrons. The van der Waals surface area contributed by atoms with Crippen LogP contribution >= 0.6 is 0 Å². The lowest BCUT2D eigenvalue weighted by molar-refractivity contribution is 0.482. The van der Waals surface area contributed by atoms with Crippen LogP contribution in [0.25, 0.3) is 0 Å². The molecule has 0 saturated carbocycles. The predicted molar refractivity (Wildman–Crippen MR) is 76.2 cm³/mol. The van der Waals surface area contributed by atoms with Crippen LogP contribution < -0.4 is 10.1 Å². The third-order valence-electron chi connectivity index (χ3n) is 2.75. The zero-order chi connectivity index (χ0) is 13.5. The summed E-state index contributed by atoms with van der Waals surface area (Å²) in [5.41, 5.74) is 2.08. The highest BCUT2D eigenvalue weighted by Gasteiger charge is 1.98. The van der Waals surface area contributed by atoms with E-state index in [1.165, 1.54) is 5.56 Å². The fraction of sp³-hybridized carbons (Fsp3) is 0.188. The summed E-state index contributed by atoms with van der Waals surface area (Å²) in [7, 11) is 0. The highest BCUT2D eigenvalue weighted by molar-refractivity contribution is 5.49.